The molecular formula is C29H38ClN5O6. The number of hydrogen-bond acceptors (Lipinski definition) is 7. The summed E-state index contributed by atoms with van der Waals surface area (Å²) < 4.78 is 0. The Morgan fingerprint density at radius 1 is 1.10 bits per heavy atom. The fourth-order valence-electron chi connectivity index (χ4n) is 5.57. The van der Waals surface area contributed by atoms with Crippen LogP contribution in [0.2, 0.25) is 0 Å². The molecule has 0 saturated carbocycles. The van der Waals surface area contributed by atoms with Gasteiger partial charge >= 0.3 is 0 Å². The van der Waals surface area contributed by atoms with Crippen LogP contribution in [-0.2, 0) is 15.2 Å². The van der Waals surface area contributed by atoms with Crippen LogP contribution in [-0.4, -0.2) is 69.3 Å². The minimum Gasteiger partial charge on any atom is -0.412 e. The molecule has 0 radical (unpaired) electrons. The molecule has 12 heteroatoms. The zero-order valence-electron chi connectivity index (χ0n) is 23.2. The smallest absolute Gasteiger partial charge is 0.269 e. The lowest BCUT2D eigenvalue weighted by atomic mass is 9.84. The number of nitro groups is 1. The molecule has 1 atom stereocenters. The van der Waals surface area contributed by atoms with Gasteiger partial charge in [-0.1, -0.05) is 42.5 Å². The van der Waals surface area contributed by atoms with Crippen LogP contribution in [0, 0.1) is 10.1 Å². The highest BCUT2D eigenvalue weighted by molar-refractivity contribution is 5.85. The highest BCUT2D eigenvalue weighted by atomic mass is 35.5. The Kier molecular flexibility index (Phi) is 12.0. The highest BCUT2D eigenvalue weighted by Gasteiger charge is 2.34. The Morgan fingerprint density at radius 3 is 2.29 bits per heavy atom. The van der Waals surface area contributed by atoms with Crippen LogP contribution in [0.4, 0.5) is 5.69 Å². The summed E-state index contributed by atoms with van der Waals surface area (Å²) in [5.74, 6) is -0.323. The number of hydrogen-bond donors (Lipinski definition) is 2. The van der Waals surface area contributed by atoms with Crippen molar-refractivity contribution in [2.75, 3.05) is 26.2 Å². The van der Waals surface area contributed by atoms with Gasteiger partial charge in [0.25, 0.3) is 5.69 Å². The van der Waals surface area contributed by atoms with Gasteiger partial charge in [0.2, 0.25) is 12.8 Å². The Morgan fingerprint density at radius 2 is 1.73 bits per heavy atom. The van der Waals surface area contributed by atoms with Crippen molar-refractivity contribution in [3.63, 3.8) is 0 Å². The van der Waals surface area contributed by atoms with Crippen molar-refractivity contribution in [1.29, 1.82) is 0 Å². The van der Waals surface area contributed by atoms with Gasteiger partial charge in [0, 0.05) is 43.4 Å². The van der Waals surface area contributed by atoms with Crippen LogP contribution in [0.15, 0.2) is 77.8 Å². The number of carbonyl (C=O) groups is 2. The molecule has 2 amide bonds. The first-order valence-corrected chi connectivity index (χ1v) is 13.1. The Labute approximate surface area is 246 Å². The molecule has 11 nitrogen and oxygen atoms in total. The average Bonchev–Trinajstić information content (AvgIpc) is 2.95. The number of aliphatic hydroxyl groups is 1. The molecule has 0 aliphatic carbocycles. The molecular weight excluding hydrogens is 550 g/mol. The van der Waals surface area contributed by atoms with Crippen molar-refractivity contribution < 1.29 is 25.1 Å². The Bertz CT molecular complexity index is 1250. The maximum atomic E-state index is 12.4. The monoisotopic (exact) mass is 587 g/mol. The summed E-state index contributed by atoms with van der Waals surface area (Å²) in [6.45, 7) is 6.45. The molecule has 4 N–H and O–H groups in total. The molecule has 4 rings (SSSR count). The van der Waals surface area contributed by atoms with Crippen molar-refractivity contribution in [1.82, 2.24) is 20.2 Å². The molecule has 2 heterocycles. The molecule has 41 heavy (non-hydrogen) atoms. The quantitative estimate of drug-likeness (QED) is 0.233. The second-order valence-electron chi connectivity index (χ2n) is 10.1. The van der Waals surface area contributed by atoms with Gasteiger partial charge in [0.15, 0.2) is 0 Å². The van der Waals surface area contributed by atoms with Crippen LogP contribution in [0.5, 0.6) is 0 Å². The maximum Gasteiger partial charge on any atom is 0.269 e. The number of allylic oxidation sites excluding steroid dienone is 3. The first-order valence-electron chi connectivity index (χ1n) is 13.1. The van der Waals surface area contributed by atoms with Gasteiger partial charge in [0.05, 0.1) is 21.9 Å². The number of benzene rings is 2. The van der Waals surface area contributed by atoms with E-state index < -0.39 is 10.5 Å². The summed E-state index contributed by atoms with van der Waals surface area (Å²) in [6, 6.07) is 16.1. The first kappa shape index (κ1) is 33.4. The number of nitro benzene ring substituents is 1. The maximum absolute atomic E-state index is 12.4. The van der Waals surface area contributed by atoms with Gasteiger partial charge in [-0.3, -0.25) is 30.1 Å². The van der Waals surface area contributed by atoms with Crippen LogP contribution in [0.1, 0.15) is 50.2 Å². The van der Waals surface area contributed by atoms with E-state index in [0.29, 0.717) is 37.2 Å². The van der Waals surface area contributed by atoms with Crippen LogP contribution in [0.3, 0.4) is 0 Å². The summed E-state index contributed by atoms with van der Waals surface area (Å²) >= 11 is 0. The van der Waals surface area contributed by atoms with Crippen molar-refractivity contribution in [2.45, 2.75) is 44.6 Å². The second-order valence-corrected chi connectivity index (χ2v) is 10.1. The highest BCUT2D eigenvalue weighted by Crippen LogP contribution is 2.38. The van der Waals surface area contributed by atoms with E-state index in [-0.39, 0.29) is 29.5 Å². The standard InChI is InChI=1S/C29H35N5O5.ClH.H2O/c1-22-19-27(24-9-11-26(12-10-24)34(38)39)28(23(2)33(22)30-20-35)32(21-36)16-6-15-31-17-13-29(37,14-18-31)25-7-4-3-5-8-25;;/h3-5,7-12,19-21,27,37H,6,13-18H2,1-2H3,(H,30,35);1H;1H2. The lowest BCUT2D eigenvalue weighted by molar-refractivity contribution is -0.384. The zero-order valence-corrected chi connectivity index (χ0v) is 24.0. The van der Waals surface area contributed by atoms with Gasteiger partial charge in [-0.15, -0.1) is 12.4 Å². The summed E-state index contributed by atoms with van der Waals surface area (Å²) in [5.41, 5.74) is 5.80. The molecule has 1 fully saturated rings. The number of likely N-dealkylation sites (tertiary alicyclic amines) is 1. The topological polar surface area (TPSA) is 151 Å². The van der Waals surface area contributed by atoms with Gasteiger partial charge in [-0.05, 0) is 56.9 Å². The number of hydrazine groups is 1. The van der Waals surface area contributed by atoms with Crippen LogP contribution < -0.4 is 5.43 Å². The average molecular weight is 588 g/mol. The zero-order chi connectivity index (χ0) is 28.0. The summed E-state index contributed by atoms with van der Waals surface area (Å²) in [4.78, 5) is 38.3. The van der Waals surface area contributed by atoms with Crippen molar-refractivity contribution >= 4 is 30.9 Å². The van der Waals surface area contributed by atoms with Crippen molar-refractivity contribution in [3.8, 4) is 0 Å². The third-order valence-corrected chi connectivity index (χ3v) is 7.71. The van der Waals surface area contributed by atoms with Crippen molar-refractivity contribution in [2.24, 2.45) is 0 Å². The molecule has 2 aliphatic heterocycles. The third kappa shape index (κ3) is 7.50. The molecule has 2 aliphatic rings. The molecule has 1 saturated heterocycles. The van der Waals surface area contributed by atoms with Gasteiger partial charge in [-0.25, -0.2) is 0 Å². The number of amides is 2. The molecule has 1 unspecified atom stereocenters. The number of halogens is 1. The summed E-state index contributed by atoms with van der Waals surface area (Å²) in [7, 11) is 0. The van der Waals surface area contributed by atoms with E-state index in [9.17, 15) is 24.8 Å². The third-order valence-electron chi connectivity index (χ3n) is 7.71. The number of piperidine rings is 1. The van der Waals surface area contributed by atoms with E-state index in [0.717, 1.165) is 49.3 Å². The van der Waals surface area contributed by atoms with Crippen LogP contribution >= 0.6 is 12.4 Å². The van der Waals surface area contributed by atoms with E-state index in [4.69, 9.17) is 0 Å². The SMILES string of the molecule is CC1=CC(c2ccc([N+](=O)[O-])cc2)C(N(C=O)CCCN2CCC(O)(c3ccccc3)CC2)=C(C)N1NC=O.Cl.O. The Balaban J connectivity index is 0.00000294. The Hall–Kier alpha value is -3.77. The molecule has 0 bridgehead atoms. The fraction of sp³-hybridized carbons (Fsp3) is 0.379. The largest absolute Gasteiger partial charge is 0.412 e. The van der Waals surface area contributed by atoms with E-state index in [1.165, 1.54) is 12.1 Å². The van der Waals surface area contributed by atoms with Gasteiger partial charge in [0.1, 0.15) is 0 Å². The lowest BCUT2D eigenvalue weighted by Crippen LogP contribution is -2.44. The number of nitrogens with zero attached hydrogens (tertiary/aromatic N) is 4. The predicted octanol–water partition coefficient (Wildman–Crippen LogP) is 3.22. The number of non-ortho nitro benzene ring substituents is 1. The van der Waals surface area contributed by atoms with Crippen molar-refractivity contribution in [3.05, 3.63) is 99.0 Å². The minimum absolute atomic E-state index is 0. The predicted molar refractivity (Wildman–Crippen MR) is 158 cm³/mol. The molecule has 2 aromatic carbocycles. The van der Waals surface area contributed by atoms with E-state index in [2.05, 4.69) is 10.3 Å². The number of nitrogens with one attached hydrogen (secondary N) is 1. The van der Waals surface area contributed by atoms with Gasteiger partial charge in [-0.2, -0.15) is 0 Å². The van der Waals surface area contributed by atoms with Gasteiger partial charge < -0.3 is 20.4 Å². The minimum atomic E-state index is -0.812. The molecule has 2 aromatic rings. The molecule has 0 aromatic heterocycles. The summed E-state index contributed by atoms with van der Waals surface area (Å²) in [5, 5.41) is 23.9. The second kappa shape index (κ2) is 14.7. The first-order chi connectivity index (χ1) is 18.8. The van der Waals surface area contributed by atoms with E-state index in [1.807, 2.05) is 50.3 Å². The fourth-order valence-corrected chi connectivity index (χ4v) is 5.57. The molecule has 222 valence electrons. The van der Waals surface area contributed by atoms with E-state index >= 15 is 0 Å². The van der Waals surface area contributed by atoms with E-state index in [1.54, 1.807) is 22.0 Å². The molecule has 0 spiro atoms. The summed E-state index contributed by atoms with van der Waals surface area (Å²) in [6.07, 6.45) is 5.34. The number of carbonyl (C=O) groups excluding carboxylic acids is 2. The lowest BCUT2D eigenvalue weighted by Gasteiger charge is -2.39. The van der Waals surface area contributed by atoms with Crippen LogP contribution in [0.25, 0.3) is 0 Å². The number of rotatable bonds is 11. The normalized spacial score (nSPS) is 18.4.